The van der Waals surface area contributed by atoms with E-state index in [1.54, 1.807) is 0 Å². The molecular formula is C14H17Cl. The van der Waals surface area contributed by atoms with Gasteiger partial charge in [-0.25, -0.2) is 0 Å². The molecule has 0 saturated carbocycles. The smallest absolute Gasteiger partial charge is 0.0152 e. The molecule has 0 bridgehead atoms. The van der Waals surface area contributed by atoms with Gasteiger partial charge in [0.15, 0.2) is 0 Å². The van der Waals surface area contributed by atoms with E-state index in [2.05, 4.69) is 50.2 Å². The lowest BCUT2D eigenvalue weighted by molar-refractivity contribution is 0.915. The summed E-state index contributed by atoms with van der Waals surface area (Å²) in [6.45, 7) is 4.46. The summed E-state index contributed by atoms with van der Waals surface area (Å²) in [4.78, 5) is 0. The Morgan fingerprint density at radius 3 is 2.47 bits per heavy atom. The van der Waals surface area contributed by atoms with Crippen LogP contribution in [0.2, 0.25) is 0 Å². The van der Waals surface area contributed by atoms with Gasteiger partial charge in [0, 0.05) is 0 Å². The zero-order valence-corrected chi connectivity index (χ0v) is 10.1. The predicted octanol–water partition coefficient (Wildman–Crippen LogP) is 4.52. The van der Waals surface area contributed by atoms with Gasteiger partial charge in [-0.15, -0.1) is 12.4 Å². The van der Waals surface area contributed by atoms with Crippen molar-refractivity contribution in [3.8, 4) is 0 Å². The summed E-state index contributed by atoms with van der Waals surface area (Å²) >= 11 is 0. The van der Waals surface area contributed by atoms with E-state index in [-0.39, 0.29) is 12.4 Å². The number of rotatable bonds is 2. The number of hydrogen-bond donors (Lipinski definition) is 0. The summed E-state index contributed by atoms with van der Waals surface area (Å²) in [5.74, 6) is 0. The second kappa shape index (κ2) is 5.18. The van der Waals surface area contributed by atoms with Crippen LogP contribution in [0.25, 0.3) is 10.8 Å². The first-order valence-corrected chi connectivity index (χ1v) is 5.30. The molecule has 0 aliphatic carbocycles. The SMILES string of the molecule is CCCc1ccc2ccccc2c1C.Cl. The monoisotopic (exact) mass is 220 g/mol. The number of benzene rings is 2. The van der Waals surface area contributed by atoms with Crippen LogP contribution in [0.4, 0.5) is 0 Å². The molecule has 0 atom stereocenters. The minimum atomic E-state index is 0. The maximum Gasteiger partial charge on any atom is -0.0152 e. The van der Waals surface area contributed by atoms with E-state index in [1.165, 1.54) is 34.7 Å². The van der Waals surface area contributed by atoms with Crippen LogP contribution in [0.3, 0.4) is 0 Å². The topological polar surface area (TPSA) is 0 Å². The number of halogens is 1. The fourth-order valence-corrected chi connectivity index (χ4v) is 2.01. The van der Waals surface area contributed by atoms with Crippen molar-refractivity contribution >= 4 is 23.2 Å². The lowest BCUT2D eigenvalue weighted by Crippen LogP contribution is -1.89. The molecule has 0 N–H and O–H groups in total. The van der Waals surface area contributed by atoms with Crippen molar-refractivity contribution < 1.29 is 0 Å². The molecule has 0 spiro atoms. The van der Waals surface area contributed by atoms with E-state index < -0.39 is 0 Å². The van der Waals surface area contributed by atoms with Gasteiger partial charge in [-0.1, -0.05) is 49.7 Å². The van der Waals surface area contributed by atoms with Crippen LogP contribution in [0.5, 0.6) is 0 Å². The maximum atomic E-state index is 2.27. The summed E-state index contributed by atoms with van der Waals surface area (Å²) in [6, 6.07) is 13.1. The first kappa shape index (κ1) is 12.1. The van der Waals surface area contributed by atoms with Crippen LogP contribution < -0.4 is 0 Å². The molecule has 0 radical (unpaired) electrons. The van der Waals surface area contributed by atoms with E-state index >= 15 is 0 Å². The largest absolute Gasteiger partial charge is 0.147 e. The lowest BCUT2D eigenvalue weighted by Gasteiger charge is -2.07. The molecule has 2 aromatic rings. The Bertz CT molecular complexity index is 446. The quantitative estimate of drug-likeness (QED) is 0.698. The van der Waals surface area contributed by atoms with Gasteiger partial charge in [-0.3, -0.25) is 0 Å². The van der Waals surface area contributed by atoms with Crippen LogP contribution in [0.1, 0.15) is 24.5 Å². The zero-order valence-electron chi connectivity index (χ0n) is 9.29. The van der Waals surface area contributed by atoms with Crippen LogP contribution in [-0.4, -0.2) is 0 Å². The molecule has 0 heterocycles. The van der Waals surface area contributed by atoms with Crippen molar-refractivity contribution in [3.05, 3.63) is 47.5 Å². The van der Waals surface area contributed by atoms with Gasteiger partial charge in [-0.05, 0) is 35.2 Å². The maximum absolute atomic E-state index is 2.27. The van der Waals surface area contributed by atoms with Gasteiger partial charge >= 0.3 is 0 Å². The Morgan fingerprint density at radius 2 is 1.73 bits per heavy atom. The summed E-state index contributed by atoms with van der Waals surface area (Å²) < 4.78 is 0. The Hall–Kier alpha value is -1.01. The van der Waals surface area contributed by atoms with Crippen LogP contribution in [0.15, 0.2) is 36.4 Å². The highest BCUT2D eigenvalue weighted by Crippen LogP contribution is 2.22. The normalized spacial score (nSPS) is 10.0. The first-order chi connectivity index (χ1) is 6.83. The molecule has 1 heteroatoms. The molecule has 0 nitrogen and oxygen atoms in total. The van der Waals surface area contributed by atoms with Gasteiger partial charge in [0.05, 0.1) is 0 Å². The average molecular weight is 221 g/mol. The third-order valence-corrected chi connectivity index (χ3v) is 2.83. The van der Waals surface area contributed by atoms with Crippen molar-refractivity contribution in [2.24, 2.45) is 0 Å². The fourth-order valence-electron chi connectivity index (χ4n) is 2.01. The Labute approximate surface area is 97.7 Å². The highest BCUT2D eigenvalue weighted by molar-refractivity contribution is 5.86. The molecule has 80 valence electrons. The summed E-state index contributed by atoms with van der Waals surface area (Å²) in [5, 5.41) is 2.75. The van der Waals surface area contributed by atoms with Gasteiger partial charge in [0.25, 0.3) is 0 Å². The number of hydrogen-bond acceptors (Lipinski definition) is 0. The number of fused-ring (bicyclic) bond motifs is 1. The molecule has 0 aliphatic heterocycles. The van der Waals surface area contributed by atoms with Crippen molar-refractivity contribution in [3.63, 3.8) is 0 Å². The summed E-state index contributed by atoms with van der Waals surface area (Å²) in [7, 11) is 0. The number of aryl methyl sites for hydroxylation is 2. The standard InChI is InChI=1S/C14H16.ClH/c1-3-6-12-9-10-13-7-4-5-8-14(13)11(12)2;/h4-5,7-10H,3,6H2,1-2H3;1H. The van der Waals surface area contributed by atoms with Crippen LogP contribution >= 0.6 is 12.4 Å². The molecule has 0 aliphatic rings. The summed E-state index contributed by atoms with van der Waals surface area (Å²) in [6.07, 6.45) is 2.41. The third-order valence-electron chi connectivity index (χ3n) is 2.83. The molecule has 2 rings (SSSR count). The Kier molecular flexibility index (Phi) is 4.16. The van der Waals surface area contributed by atoms with Crippen LogP contribution in [0, 0.1) is 6.92 Å². The van der Waals surface area contributed by atoms with E-state index in [9.17, 15) is 0 Å². The van der Waals surface area contributed by atoms with Gasteiger partial charge in [-0.2, -0.15) is 0 Å². The highest BCUT2D eigenvalue weighted by Gasteiger charge is 2.01. The van der Waals surface area contributed by atoms with Gasteiger partial charge in [0.1, 0.15) is 0 Å². The predicted molar refractivity (Wildman–Crippen MR) is 69.9 cm³/mol. The Morgan fingerprint density at radius 1 is 1.00 bits per heavy atom. The highest BCUT2D eigenvalue weighted by atomic mass is 35.5. The minimum absolute atomic E-state index is 0. The molecule has 2 aromatic carbocycles. The second-order valence-electron chi connectivity index (χ2n) is 3.82. The first-order valence-electron chi connectivity index (χ1n) is 5.30. The van der Waals surface area contributed by atoms with Crippen LogP contribution in [-0.2, 0) is 6.42 Å². The third kappa shape index (κ3) is 2.32. The zero-order chi connectivity index (χ0) is 9.97. The van der Waals surface area contributed by atoms with E-state index in [4.69, 9.17) is 0 Å². The molecule has 0 unspecified atom stereocenters. The summed E-state index contributed by atoms with van der Waals surface area (Å²) in [5.41, 5.74) is 2.94. The van der Waals surface area contributed by atoms with Gasteiger partial charge in [0.2, 0.25) is 0 Å². The van der Waals surface area contributed by atoms with Crippen molar-refractivity contribution in [1.82, 2.24) is 0 Å². The van der Waals surface area contributed by atoms with E-state index in [0.29, 0.717) is 0 Å². The van der Waals surface area contributed by atoms with E-state index in [1.807, 2.05) is 0 Å². The molecular weight excluding hydrogens is 204 g/mol. The van der Waals surface area contributed by atoms with Crippen molar-refractivity contribution in [2.45, 2.75) is 26.7 Å². The molecule has 0 fully saturated rings. The van der Waals surface area contributed by atoms with Crippen molar-refractivity contribution in [1.29, 1.82) is 0 Å². The molecule has 0 aromatic heterocycles. The minimum Gasteiger partial charge on any atom is -0.147 e. The van der Waals surface area contributed by atoms with E-state index in [0.717, 1.165) is 0 Å². The lowest BCUT2D eigenvalue weighted by atomic mass is 9.97. The van der Waals surface area contributed by atoms with Crippen molar-refractivity contribution in [2.75, 3.05) is 0 Å². The Balaban J connectivity index is 0.00000112. The second-order valence-corrected chi connectivity index (χ2v) is 3.82. The van der Waals surface area contributed by atoms with Gasteiger partial charge < -0.3 is 0 Å². The molecule has 15 heavy (non-hydrogen) atoms. The average Bonchev–Trinajstić information content (AvgIpc) is 2.23. The molecule has 0 saturated heterocycles. The fraction of sp³-hybridized carbons (Fsp3) is 0.286. The molecule has 0 amide bonds.